The number of hydrogen-bond acceptors (Lipinski definition) is 6. The maximum absolute atomic E-state index is 5.48. The van der Waals surface area contributed by atoms with Gasteiger partial charge in [0.05, 0.1) is 13.2 Å². The number of guanidine groups is 1. The third kappa shape index (κ3) is 6.81. The van der Waals surface area contributed by atoms with Gasteiger partial charge in [-0.2, -0.15) is 0 Å². The summed E-state index contributed by atoms with van der Waals surface area (Å²) in [6.45, 7) is 10.0. The number of nitrogens with one attached hydrogen (secondary N) is 1. The standard InChI is InChI=1S/C17H29N5OS2.HI/c1-2-18-16(19-5-3-12-24-17-20-6-13-25-17)22-7-4-15(14-22)21-8-10-23-11-9-21;/h6,13,15H,2-5,7-12,14H2,1H3,(H,18,19);1H. The van der Waals surface area contributed by atoms with Crippen molar-refractivity contribution in [2.75, 3.05) is 58.2 Å². The molecule has 1 unspecified atom stereocenters. The Bertz CT molecular complexity index is 525. The molecule has 3 rings (SSSR count). The van der Waals surface area contributed by atoms with Gasteiger partial charge in [0.1, 0.15) is 4.34 Å². The average Bonchev–Trinajstić information content (AvgIpc) is 3.33. The van der Waals surface area contributed by atoms with Gasteiger partial charge in [0.15, 0.2) is 5.96 Å². The first-order valence-electron chi connectivity index (χ1n) is 9.24. The number of nitrogens with zero attached hydrogens (tertiary/aromatic N) is 4. The van der Waals surface area contributed by atoms with E-state index in [4.69, 9.17) is 9.73 Å². The van der Waals surface area contributed by atoms with Crippen LogP contribution >= 0.6 is 47.1 Å². The van der Waals surface area contributed by atoms with Crippen LogP contribution < -0.4 is 5.32 Å². The van der Waals surface area contributed by atoms with Crippen molar-refractivity contribution in [3.63, 3.8) is 0 Å². The van der Waals surface area contributed by atoms with Gasteiger partial charge in [-0.15, -0.1) is 35.3 Å². The van der Waals surface area contributed by atoms with Crippen molar-refractivity contribution < 1.29 is 4.74 Å². The van der Waals surface area contributed by atoms with Crippen LogP contribution in [0, 0.1) is 0 Å². The van der Waals surface area contributed by atoms with Gasteiger partial charge in [-0.1, -0.05) is 11.8 Å². The molecule has 0 amide bonds. The van der Waals surface area contributed by atoms with E-state index in [-0.39, 0.29) is 24.0 Å². The van der Waals surface area contributed by atoms with Crippen molar-refractivity contribution in [2.45, 2.75) is 30.1 Å². The molecular weight excluding hydrogens is 481 g/mol. The van der Waals surface area contributed by atoms with E-state index in [9.17, 15) is 0 Å². The summed E-state index contributed by atoms with van der Waals surface area (Å²) >= 11 is 3.54. The number of thioether (sulfide) groups is 1. The zero-order chi connectivity index (χ0) is 17.3. The first-order valence-corrected chi connectivity index (χ1v) is 11.1. The van der Waals surface area contributed by atoms with Crippen LogP contribution in [0.4, 0.5) is 0 Å². The fourth-order valence-electron chi connectivity index (χ4n) is 3.29. The lowest BCUT2D eigenvalue weighted by Crippen LogP contribution is -2.46. The molecule has 2 fully saturated rings. The Balaban J connectivity index is 0.00000243. The number of rotatable bonds is 7. The topological polar surface area (TPSA) is 53.0 Å². The summed E-state index contributed by atoms with van der Waals surface area (Å²) in [4.78, 5) is 14.2. The van der Waals surface area contributed by atoms with Crippen LogP contribution in [0.25, 0.3) is 0 Å². The highest BCUT2D eigenvalue weighted by Crippen LogP contribution is 2.21. The minimum Gasteiger partial charge on any atom is -0.379 e. The summed E-state index contributed by atoms with van der Waals surface area (Å²) in [6.07, 6.45) is 4.18. The molecule has 1 atom stereocenters. The molecule has 1 aromatic rings. The van der Waals surface area contributed by atoms with Crippen molar-refractivity contribution in [1.82, 2.24) is 20.1 Å². The first kappa shape index (κ1) is 22.2. The van der Waals surface area contributed by atoms with Crippen LogP contribution in [0.3, 0.4) is 0 Å². The molecule has 26 heavy (non-hydrogen) atoms. The second-order valence-electron chi connectivity index (χ2n) is 6.27. The minimum atomic E-state index is 0. The lowest BCUT2D eigenvalue weighted by Gasteiger charge is -2.32. The molecule has 2 aliphatic rings. The number of aliphatic imine (C=N–C) groups is 1. The lowest BCUT2D eigenvalue weighted by molar-refractivity contribution is 0.0195. The number of morpholine rings is 1. The molecule has 0 spiro atoms. The molecule has 6 nitrogen and oxygen atoms in total. The molecule has 2 aliphatic heterocycles. The molecule has 2 saturated heterocycles. The fraction of sp³-hybridized carbons (Fsp3) is 0.765. The SMILES string of the molecule is CCNC(=NCCCSc1nccs1)N1CCC(N2CCOCC2)C1.I. The van der Waals surface area contributed by atoms with Crippen LogP contribution in [0.2, 0.25) is 0 Å². The molecule has 0 aromatic carbocycles. The van der Waals surface area contributed by atoms with Crippen LogP contribution in [0.5, 0.6) is 0 Å². The zero-order valence-corrected chi connectivity index (χ0v) is 19.4. The Kier molecular flexibility index (Phi) is 10.6. The number of likely N-dealkylation sites (tertiary alicyclic amines) is 1. The van der Waals surface area contributed by atoms with Crippen molar-refractivity contribution >= 4 is 53.0 Å². The van der Waals surface area contributed by atoms with E-state index in [1.807, 2.05) is 23.3 Å². The molecule has 3 heterocycles. The Labute approximate surface area is 182 Å². The van der Waals surface area contributed by atoms with Gasteiger partial charge in [-0.25, -0.2) is 4.98 Å². The number of ether oxygens (including phenoxy) is 1. The van der Waals surface area contributed by atoms with Crippen molar-refractivity contribution in [1.29, 1.82) is 0 Å². The summed E-state index contributed by atoms with van der Waals surface area (Å²) in [5.74, 6) is 2.16. The van der Waals surface area contributed by atoms with Crippen LogP contribution in [0.15, 0.2) is 20.9 Å². The fourth-order valence-corrected chi connectivity index (χ4v) is 4.92. The van der Waals surface area contributed by atoms with Gasteiger partial charge >= 0.3 is 0 Å². The number of hydrogen-bond donors (Lipinski definition) is 1. The smallest absolute Gasteiger partial charge is 0.193 e. The predicted molar refractivity (Wildman–Crippen MR) is 121 cm³/mol. The molecule has 1 aromatic heterocycles. The van der Waals surface area contributed by atoms with E-state index >= 15 is 0 Å². The Hall–Kier alpha value is -0.100. The second-order valence-corrected chi connectivity index (χ2v) is 8.51. The van der Waals surface area contributed by atoms with E-state index in [1.54, 1.807) is 11.3 Å². The maximum atomic E-state index is 5.48. The van der Waals surface area contributed by atoms with Crippen molar-refractivity contribution in [3.8, 4) is 0 Å². The van der Waals surface area contributed by atoms with Gasteiger partial charge in [0.2, 0.25) is 0 Å². The average molecular weight is 511 g/mol. The first-order chi connectivity index (χ1) is 12.4. The molecule has 9 heteroatoms. The Morgan fingerprint density at radius 2 is 2.27 bits per heavy atom. The quantitative estimate of drug-likeness (QED) is 0.200. The van der Waals surface area contributed by atoms with Gasteiger partial charge in [-0.3, -0.25) is 9.89 Å². The second kappa shape index (κ2) is 12.4. The molecule has 0 radical (unpaired) electrons. The third-order valence-corrected chi connectivity index (χ3v) is 6.61. The molecule has 0 bridgehead atoms. The number of aromatic nitrogens is 1. The van der Waals surface area contributed by atoms with Crippen LogP contribution in [-0.2, 0) is 4.74 Å². The molecule has 0 saturated carbocycles. The monoisotopic (exact) mass is 511 g/mol. The van der Waals surface area contributed by atoms with E-state index in [1.165, 1.54) is 6.42 Å². The van der Waals surface area contributed by atoms with Crippen LogP contribution in [0.1, 0.15) is 19.8 Å². The van der Waals surface area contributed by atoms with E-state index in [0.29, 0.717) is 6.04 Å². The van der Waals surface area contributed by atoms with Crippen LogP contribution in [-0.4, -0.2) is 85.0 Å². The molecule has 0 aliphatic carbocycles. The van der Waals surface area contributed by atoms with Crippen molar-refractivity contribution in [3.05, 3.63) is 11.6 Å². The summed E-state index contributed by atoms with van der Waals surface area (Å²) in [5.41, 5.74) is 0. The van der Waals surface area contributed by atoms with Gasteiger partial charge in [-0.05, 0) is 19.8 Å². The van der Waals surface area contributed by atoms with Gasteiger partial charge < -0.3 is 15.0 Å². The molecule has 1 N–H and O–H groups in total. The lowest BCUT2D eigenvalue weighted by atomic mass is 10.2. The largest absolute Gasteiger partial charge is 0.379 e. The summed E-state index contributed by atoms with van der Waals surface area (Å²) in [6, 6.07) is 0.646. The normalized spacial score (nSPS) is 21.7. The van der Waals surface area contributed by atoms with E-state index < -0.39 is 0 Å². The molecule has 148 valence electrons. The predicted octanol–water partition coefficient (Wildman–Crippen LogP) is 2.62. The van der Waals surface area contributed by atoms with Gasteiger partial charge in [0.25, 0.3) is 0 Å². The van der Waals surface area contributed by atoms with Crippen molar-refractivity contribution in [2.24, 2.45) is 4.99 Å². The maximum Gasteiger partial charge on any atom is 0.193 e. The number of halogens is 1. The third-order valence-electron chi connectivity index (χ3n) is 4.56. The Morgan fingerprint density at radius 1 is 1.42 bits per heavy atom. The van der Waals surface area contributed by atoms with Gasteiger partial charge in [0, 0.05) is 62.6 Å². The summed E-state index contributed by atoms with van der Waals surface area (Å²) < 4.78 is 6.63. The summed E-state index contributed by atoms with van der Waals surface area (Å²) in [7, 11) is 0. The van der Waals surface area contributed by atoms with E-state index in [0.717, 1.165) is 75.0 Å². The van der Waals surface area contributed by atoms with E-state index in [2.05, 4.69) is 27.0 Å². The Morgan fingerprint density at radius 3 is 3.00 bits per heavy atom. The summed E-state index contributed by atoms with van der Waals surface area (Å²) in [5, 5.41) is 5.50. The number of thiazole rings is 1. The molecular formula is C17H30IN5OS2. The highest BCUT2D eigenvalue weighted by molar-refractivity contribution is 14.0. The highest BCUT2D eigenvalue weighted by Gasteiger charge is 2.30. The zero-order valence-electron chi connectivity index (χ0n) is 15.4. The highest BCUT2D eigenvalue weighted by atomic mass is 127. The minimum absolute atomic E-state index is 0.